The number of anilines is 2. The Balaban J connectivity index is 2.15. The molecule has 0 amide bonds. The molecule has 3 nitrogen and oxygen atoms in total. The number of para-hydroxylation sites is 1. The van der Waals surface area contributed by atoms with Crippen molar-refractivity contribution < 1.29 is 0 Å². The maximum absolute atomic E-state index is 10.5. The molecular formula is C13H10N2OS. The van der Waals surface area contributed by atoms with E-state index in [-0.39, 0.29) is 0 Å². The second kappa shape index (κ2) is 3.89. The molecule has 1 aliphatic rings. The van der Waals surface area contributed by atoms with Crippen LogP contribution < -0.4 is 4.90 Å². The molecule has 0 unspecified atom stereocenters. The van der Waals surface area contributed by atoms with E-state index in [2.05, 4.69) is 22.2 Å². The second-order valence-electron chi connectivity index (χ2n) is 3.87. The lowest BCUT2D eigenvalue weighted by atomic mass is 10.2. The van der Waals surface area contributed by atoms with Gasteiger partial charge in [0.2, 0.25) is 0 Å². The third-order valence-corrected chi connectivity index (χ3v) is 3.97. The second-order valence-corrected chi connectivity index (χ2v) is 4.96. The molecule has 4 heteroatoms. The van der Waals surface area contributed by atoms with Gasteiger partial charge in [0.15, 0.2) is 0 Å². The maximum atomic E-state index is 10.5. The molecule has 0 spiro atoms. The van der Waals surface area contributed by atoms with Crippen LogP contribution in [0.25, 0.3) is 0 Å². The molecule has 0 atom stereocenters. The molecule has 0 radical (unpaired) electrons. The van der Waals surface area contributed by atoms with E-state index in [1.54, 1.807) is 17.8 Å². The minimum Gasteiger partial charge on any atom is -0.343 e. The van der Waals surface area contributed by atoms with Gasteiger partial charge < -0.3 is 4.90 Å². The Bertz CT molecular complexity index is 598. The first-order chi connectivity index (χ1) is 8.29. The lowest BCUT2D eigenvalue weighted by Gasteiger charge is -2.29. The summed E-state index contributed by atoms with van der Waals surface area (Å²) in [6, 6.07) is 13.7. The predicted molar refractivity (Wildman–Crippen MR) is 70.5 cm³/mol. The van der Waals surface area contributed by atoms with Gasteiger partial charge in [-0.2, -0.15) is 0 Å². The van der Waals surface area contributed by atoms with E-state index in [1.807, 2.05) is 31.3 Å². The number of fused-ring (bicyclic) bond motifs is 2. The number of rotatable bonds is 1. The fourth-order valence-corrected chi connectivity index (χ4v) is 3.17. The number of nitrogens with zero attached hydrogens (tertiary/aromatic N) is 2. The summed E-state index contributed by atoms with van der Waals surface area (Å²) in [5, 5.41) is 2.98. The molecule has 0 aromatic heterocycles. The smallest absolute Gasteiger partial charge is 0.109 e. The van der Waals surface area contributed by atoms with Crippen LogP contribution in [0, 0.1) is 4.91 Å². The van der Waals surface area contributed by atoms with Crippen LogP contribution >= 0.6 is 11.8 Å². The van der Waals surface area contributed by atoms with E-state index in [4.69, 9.17) is 0 Å². The number of hydrogen-bond acceptors (Lipinski definition) is 4. The van der Waals surface area contributed by atoms with E-state index in [0.717, 1.165) is 10.6 Å². The molecule has 0 saturated carbocycles. The van der Waals surface area contributed by atoms with Gasteiger partial charge in [-0.15, -0.1) is 4.91 Å². The van der Waals surface area contributed by atoms with Crippen LogP contribution in [0.15, 0.2) is 57.4 Å². The molecule has 0 N–H and O–H groups in total. The molecular weight excluding hydrogens is 232 g/mol. The molecule has 0 aliphatic carbocycles. The highest BCUT2D eigenvalue weighted by molar-refractivity contribution is 7.99. The average molecular weight is 242 g/mol. The molecule has 84 valence electrons. The van der Waals surface area contributed by atoms with Crippen molar-refractivity contribution in [3.8, 4) is 0 Å². The molecule has 2 aromatic carbocycles. The van der Waals surface area contributed by atoms with Crippen molar-refractivity contribution in [2.75, 3.05) is 11.9 Å². The molecule has 1 aliphatic heterocycles. The quantitative estimate of drug-likeness (QED) is 0.698. The molecule has 1 heterocycles. The van der Waals surface area contributed by atoms with Gasteiger partial charge in [-0.3, -0.25) is 0 Å². The van der Waals surface area contributed by atoms with E-state index in [0.29, 0.717) is 5.69 Å². The molecule has 0 saturated heterocycles. The van der Waals surface area contributed by atoms with Gasteiger partial charge in [-0.05, 0) is 35.5 Å². The average Bonchev–Trinajstić information content (AvgIpc) is 2.38. The molecule has 0 fully saturated rings. The Morgan fingerprint density at radius 2 is 1.82 bits per heavy atom. The third kappa shape index (κ3) is 1.61. The standard InChI is InChI=1S/C13H10N2OS/c1-15-10-4-2-3-5-12(10)17-13-8-9(14-16)6-7-11(13)15/h2-8H,1H3. The van der Waals surface area contributed by atoms with Crippen molar-refractivity contribution in [2.45, 2.75) is 9.79 Å². The van der Waals surface area contributed by atoms with Crippen LogP contribution in [0.1, 0.15) is 0 Å². The largest absolute Gasteiger partial charge is 0.343 e. The van der Waals surface area contributed by atoms with Crippen LogP contribution in [0.4, 0.5) is 17.1 Å². The zero-order chi connectivity index (χ0) is 11.8. The first-order valence-electron chi connectivity index (χ1n) is 5.27. The van der Waals surface area contributed by atoms with Crippen LogP contribution in [-0.2, 0) is 0 Å². The van der Waals surface area contributed by atoms with E-state index in [9.17, 15) is 4.91 Å². The highest BCUT2D eigenvalue weighted by Gasteiger charge is 2.20. The third-order valence-electron chi connectivity index (χ3n) is 2.86. The summed E-state index contributed by atoms with van der Waals surface area (Å²) in [7, 11) is 2.03. The highest BCUT2D eigenvalue weighted by Crippen LogP contribution is 2.48. The van der Waals surface area contributed by atoms with Gasteiger partial charge in [0, 0.05) is 16.8 Å². The summed E-state index contributed by atoms with van der Waals surface area (Å²) in [5.74, 6) is 0. The predicted octanol–water partition coefficient (Wildman–Crippen LogP) is 4.32. The lowest BCUT2D eigenvalue weighted by Crippen LogP contribution is -2.14. The Hall–Kier alpha value is -1.81. The minimum atomic E-state index is 0.476. The van der Waals surface area contributed by atoms with E-state index < -0.39 is 0 Å². The van der Waals surface area contributed by atoms with Crippen molar-refractivity contribution in [1.29, 1.82) is 0 Å². The molecule has 0 bridgehead atoms. The van der Waals surface area contributed by atoms with Crippen LogP contribution in [0.3, 0.4) is 0 Å². The summed E-state index contributed by atoms with van der Waals surface area (Å²) >= 11 is 1.68. The van der Waals surface area contributed by atoms with Crippen molar-refractivity contribution in [3.63, 3.8) is 0 Å². The Morgan fingerprint density at radius 3 is 2.65 bits per heavy atom. The summed E-state index contributed by atoms with van der Waals surface area (Å²) in [6.45, 7) is 0. The SMILES string of the molecule is CN1c2ccccc2Sc2cc(N=O)ccc21. The summed E-state index contributed by atoms with van der Waals surface area (Å²) in [4.78, 5) is 15.0. The van der Waals surface area contributed by atoms with Gasteiger partial charge in [-0.25, -0.2) is 0 Å². The van der Waals surface area contributed by atoms with Crippen molar-refractivity contribution in [2.24, 2.45) is 5.18 Å². The Labute approximate surface area is 103 Å². The first-order valence-corrected chi connectivity index (χ1v) is 6.09. The Morgan fingerprint density at radius 1 is 1.06 bits per heavy atom. The van der Waals surface area contributed by atoms with Crippen LogP contribution in [0.5, 0.6) is 0 Å². The summed E-state index contributed by atoms with van der Waals surface area (Å²) in [6.07, 6.45) is 0. The fourth-order valence-electron chi connectivity index (χ4n) is 1.99. The van der Waals surface area contributed by atoms with E-state index >= 15 is 0 Å². The molecule has 2 aromatic rings. The zero-order valence-electron chi connectivity index (χ0n) is 9.25. The normalized spacial score (nSPS) is 12.9. The fraction of sp³-hybridized carbons (Fsp3) is 0.0769. The highest BCUT2D eigenvalue weighted by atomic mass is 32.2. The van der Waals surface area contributed by atoms with Crippen molar-refractivity contribution >= 4 is 28.8 Å². The van der Waals surface area contributed by atoms with Gasteiger partial charge in [0.05, 0.1) is 11.4 Å². The maximum Gasteiger partial charge on any atom is 0.109 e. The number of benzene rings is 2. The van der Waals surface area contributed by atoms with Crippen molar-refractivity contribution in [1.82, 2.24) is 0 Å². The molecule has 17 heavy (non-hydrogen) atoms. The summed E-state index contributed by atoms with van der Waals surface area (Å²) < 4.78 is 0. The topological polar surface area (TPSA) is 32.7 Å². The zero-order valence-corrected chi connectivity index (χ0v) is 10.1. The first kappa shape index (κ1) is 10.4. The summed E-state index contributed by atoms with van der Waals surface area (Å²) in [5.41, 5.74) is 2.78. The Kier molecular flexibility index (Phi) is 2.37. The number of nitroso groups, excluding NO2 is 1. The van der Waals surface area contributed by atoms with Crippen molar-refractivity contribution in [3.05, 3.63) is 47.4 Å². The van der Waals surface area contributed by atoms with Gasteiger partial charge >= 0.3 is 0 Å². The van der Waals surface area contributed by atoms with Crippen LogP contribution in [0.2, 0.25) is 0 Å². The lowest BCUT2D eigenvalue weighted by molar-refractivity contribution is 1.11. The van der Waals surface area contributed by atoms with Gasteiger partial charge in [0.1, 0.15) is 5.69 Å². The van der Waals surface area contributed by atoms with Gasteiger partial charge in [0.25, 0.3) is 0 Å². The van der Waals surface area contributed by atoms with Crippen LogP contribution in [-0.4, -0.2) is 7.05 Å². The van der Waals surface area contributed by atoms with E-state index in [1.165, 1.54) is 10.6 Å². The minimum absolute atomic E-state index is 0.476. The molecule has 3 rings (SSSR count). The monoisotopic (exact) mass is 242 g/mol. The number of hydrogen-bond donors (Lipinski definition) is 0. The van der Waals surface area contributed by atoms with Gasteiger partial charge in [-0.1, -0.05) is 23.9 Å².